The zero-order valence-electron chi connectivity index (χ0n) is 22.2. The molecule has 5 aromatic rings. The van der Waals surface area contributed by atoms with Gasteiger partial charge >= 0.3 is 0 Å². The number of aromatic nitrogens is 3. The lowest BCUT2D eigenvalue weighted by Gasteiger charge is -2.37. The number of aromatic amines is 1. The molecule has 13 heteroatoms. The maximum atomic E-state index is 12.7. The minimum Gasteiger partial charge on any atom is -0.497 e. The number of sulfonamides is 1. The first-order chi connectivity index (χ1) is 19.8. The molecule has 41 heavy (non-hydrogen) atoms. The highest BCUT2D eigenvalue weighted by Gasteiger charge is 2.24. The summed E-state index contributed by atoms with van der Waals surface area (Å²) in [6.45, 7) is 2.69. The molecule has 3 aromatic carbocycles. The fourth-order valence-electron chi connectivity index (χ4n) is 4.89. The lowest BCUT2D eigenvalue weighted by Crippen LogP contribution is -2.50. The molecule has 0 saturated carbocycles. The SMILES string of the molecule is COc1ccc2c(c1)[nH]c1nc(N)nc(N3CCN(C(=S)Nc4ccc(S(=O)(=O)Nc5ccccc5)cc4)CC3)c12. The third kappa shape index (κ3) is 5.41. The van der Waals surface area contributed by atoms with Crippen molar-refractivity contribution in [2.75, 3.05) is 54.0 Å². The number of piperazine rings is 1. The van der Waals surface area contributed by atoms with E-state index in [9.17, 15) is 8.42 Å². The van der Waals surface area contributed by atoms with Gasteiger partial charge in [-0.1, -0.05) is 18.2 Å². The molecule has 210 valence electrons. The Labute approximate surface area is 242 Å². The van der Waals surface area contributed by atoms with Crippen molar-refractivity contribution in [3.63, 3.8) is 0 Å². The van der Waals surface area contributed by atoms with Gasteiger partial charge in [0.1, 0.15) is 17.2 Å². The number of ether oxygens (including phenoxy) is 1. The Morgan fingerprint density at radius 1 is 0.976 bits per heavy atom. The highest BCUT2D eigenvalue weighted by molar-refractivity contribution is 7.92. The van der Waals surface area contributed by atoms with Gasteiger partial charge in [0.2, 0.25) is 5.95 Å². The van der Waals surface area contributed by atoms with Crippen LogP contribution in [0.3, 0.4) is 0 Å². The van der Waals surface area contributed by atoms with Gasteiger partial charge in [-0.25, -0.2) is 8.42 Å². The van der Waals surface area contributed by atoms with Gasteiger partial charge in [-0.05, 0) is 60.7 Å². The van der Waals surface area contributed by atoms with Gasteiger partial charge in [-0.3, -0.25) is 4.72 Å². The van der Waals surface area contributed by atoms with E-state index in [-0.39, 0.29) is 10.8 Å². The Kier molecular flexibility index (Phi) is 6.97. The van der Waals surface area contributed by atoms with Crippen LogP contribution in [0.5, 0.6) is 5.75 Å². The quantitative estimate of drug-likeness (QED) is 0.215. The Bertz CT molecular complexity index is 1840. The van der Waals surface area contributed by atoms with Crippen LogP contribution in [-0.2, 0) is 10.0 Å². The van der Waals surface area contributed by atoms with Crippen molar-refractivity contribution >= 4 is 72.4 Å². The van der Waals surface area contributed by atoms with E-state index in [2.05, 4.69) is 34.8 Å². The van der Waals surface area contributed by atoms with Crippen LogP contribution in [0.25, 0.3) is 21.9 Å². The topological polar surface area (TPSA) is 141 Å². The first-order valence-corrected chi connectivity index (χ1v) is 14.8. The summed E-state index contributed by atoms with van der Waals surface area (Å²) in [6.07, 6.45) is 0. The largest absolute Gasteiger partial charge is 0.497 e. The van der Waals surface area contributed by atoms with Crippen molar-refractivity contribution in [2.24, 2.45) is 0 Å². The molecule has 5 N–H and O–H groups in total. The molecule has 3 heterocycles. The van der Waals surface area contributed by atoms with Crippen LogP contribution in [0, 0.1) is 0 Å². The number of hydrogen-bond donors (Lipinski definition) is 4. The average molecular weight is 589 g/mol. The fraction of sp³-hybridized carbons (Fsp3) is 0.179. The molecule has 0 bridgehead atoms. The van der Waals surface area contributed by atoms with Crippen LogP contribution >= 0.6 is 12.2 Å². The Balaban J connectivity index is 1.12. The second-order valence-electron chi connectivity index (χ2n) is 9.57. The van der Waals surface area contributed by atoms with E-state index >= 15 is 0 Å². The summed E-state index contributed by atoms with van der Waals surface area (Å²) in [6, 6.07) is 21.1. The molecule has 0 spiro atoms. The number of para-hydroxylation sites is 1. The summed E-state index contributed by atoms with van der Waals surface area (Å²) in [5, 5.41) is 5.71. The molecule has 2 aromatic heterocycles. The molecular weight excluding hydrogens is 560 g/mol. The molecule has 1 saturated heterocycles. The molecule has 0 unspecified atom stereocenters. The molecule has 0 aliphatic carbocycles. The van der Waals surface area contributed by atoms with Gasteiger partial charge in [0.15, 0.2) is 5.11 Å². The second kappa shape index (κ2) is 10.7. The van der Waals surface area contributed by atoms with Crippen LogP contribution < -0.4 is 25.4 Å². The van der Waals surface area contributed by atoms with E-state index in [0.29, 0.717) is 48.3 Å². The van der Waals surface area contributed by atoms with E-state index in [1.54, 1.807) is 55.6 Å². The van der Waals surface area contributed by atoms with Crippen LogP contribution in [0.1, 0.15) is 0 Å². The van der Waals surface area contributed by atoms with Gasteiger partial charge in [-0.2, -0.15) is 9.97 Å². The molecule has 11 nitrogen and oxygen atoms in total. The summed E-state index contributed by atoms with van der Waals surface area (Å²) < 4.78 is 33.4. The number of H-pyrrole nitrogens is 1. The summed E-state index contributed by atoms with van der Waals surface area (Å²) in [4.78, 5) is 16.8. The molecular formula is C28H28N8O3S2. The molecule has 1 fully saturated rings. The van der Waals surface area contributed by atoms with Crippen molar-refractivity contribution in [2.45, 2.75) is 4.90 Å². The number of nitrogens with zero attached hydrogens (tertiary/aromatic N) is 4. The number of nitrogens with one attached hydrogen (secondary N) is 3. The van der Waals surface area contributed by atoms with E-state index in [1.165, 1.54) is 0 Å². The standard InChI is InChI=1S/C28H28N8O3S2/c1-39-20-9-12-22-23(17-20)31-25-24(22)26(33-27(29)32-25)35-13-15-36(16-14-35)28(40)30-18-7-10-21(11-8-18)41(37,38)34-19-5-3-2-4-6-19/h2-12,17,34H,13-16H2,1H3,(H,30,40)(H3,29,31,32,33). The van der Waals surface area contributed by atoms with Gasteiger partial charge in [0, 0.05) is 49.0 Å². The number of thiocarbonyl (C=S) groups is 1. The number of benzene rings is 3. The van der Waals surface area contributed by atoms with Crippen molar-refractivity contribution < 1.29 is 13.2 Å². The number of hydrogen-bond acceptors (Lipinski definition) is 8. The maximum absolute atomic E-state index is 12.7. The molecule has 6 rings (SSSR count). The van der Waals surface area contributed by atoms with Gasteiger partial charge < -0.3 is 30.6 Å². The molecule has 0 amide bonds. The number of rotatable bonds is 6. The lowest BCUT2D eigenvalue weighted by atomic mass is 10.2. The minimum absolute atomic E-state index is 0.164. The van der Waals surface area contributed by atoms with E-state index in [4.69, 9.17) is 22.7 Å². The van der Waals surface area contributed by atoms with Crippen molar-refractivity contribution in [1.29, 1.82) is 0 Å². The summed E-state index contributed by atoms with van der Waals surface area (Å²) in [5.74, 6) is 1.74. The Hall–Kier alpha value is -4.62. The number of fused-ring (bicyclic) bond motifs is 3. The van der Waals surface area contributed by atoms with Gasteiger partial charge in [-0.15, -0.1) is 0 Å². The summed E-state index contributed by atoms with van der Waals surface area (Å²) >= 11 is 5.68. The Morgan fingerprint density at radius 2 is 1.71 bits per heavy atom. The maximum Gasteiger partial charge on any atom is 0.261 e. The van der Waals surface area contributed by atoms with E-state index in [0.717, 1.165) is 27.9 Å². The monoisotopic (exact) mass is 588 g/mol. The molecule has 0 atom stereocenters. The van der Waals surface area contributed by atoms with Crippen molar-refractivity contribution in [1.82, 2.24) is 19.9 Å². The van der Waals surface area contributed by atoms with Crippen LogP contribution in [0.4, 0.5) is 23.1 Å². The summed E-state index contributed by atoms with van der Waals surface area (Å²) in [5.41, 5.74) is 8.86. The third-order valence-electron chi connectivity index (χ3n) is 6.96. The predicted molar refractivity (Wildman–Crippen MR) is 166 cm³/mol. The van der Waals surface area contributed by atoms with Gasteiger partial charge in [0.05, 0.1) is 22.9 Å². The fourth-order valence-corrected chi connectivity index (χ4v) is 6.25. The highest BCUT2D eigenvalue weighted by Crippen LogP contribution is 2.34. The van der Waals surface area contributed by atoms with Crippen molar-refractivity contribution in [3.05, 3.63) is 72.8 Å². The molecule has 1 aliphatic rings. The molecule has 1 aliphatic heterocycles. The average Bonchev–Trinajstić information content (AvgIpc) is 3.34. The van der Waals surface area contributed by atoms with Crippen LogP contribution in [0.15, 0.2) is 77.7 Å². The lowest BCUT2D eigenvalue weighted by molar-refractivity contribution is 0.390. The first kappa shape index (κ1) is 26.6. The number of nitrogens with two attached hydrogens (primary N) is 1. The predicted octanol–water partition coefficient (Wildman–Crippen LogP) is 4.02. The number of nitrogen functional groups attached to an aromatic ring is 1. The zero-order chi connectivity index (χ0) is 28.6. The second-order valence-corrected chi connectivity index (χ2v) is 11.6. The van der Waals surface area contributed by atoms with Gasteiger partial charge in [0.25, 0.3) is 10.0 Å². The van der Waals surface area contributed by atoms with Crippen LogP contribution in [-0.4, -0.2) is 66.7 Å². The van der Waals surface area contributed by atoms with E-state index in [1.807, 2.05) is 24.3 Å². The minimum atomic E-state index is -3.70. The van der Waals surface area contributed by atoms with Crippen molar-refractivity contribution in [3.8, 4) is 5.75 Å². The zero-order valence-corrected chi connectivity index (χ0v) is 23.8. The first-order valence-electron chi connectivity index (χ1n) is 12.9. The number of anilines is 4. The Morgan fingerprint density at radius 3 is 2.41 bits per heavy atom. The summed E-state index contributed by atoms with van der Waals surface area (Å²) in [7, 11) is -2.06. The van der Waals surface area contributed by atoms with Crippen LogP contribution in [0.2, 0.25) is 0 Å². The normalized spacial score (nSPS) is 13.9. The number of methoxy groups -OCH3 is 1. The third-order valence-corrected chi connectivity index (χ3v) is 8.72. The van der Waals surface area contributed by atoms with E-state index < -0.39 is 10.0 Å². The highest BCUT2D eigenvalue weighted by atomic mass is 32.2. The molecule has 0 radical (unpaired) electrons. The smallest absolute Gasteiger partial charge is 0.261 e.